The van der Waals surface area contributed by atoms with Crippen LogP contribution in [0.1, 0.15) is 23.2 Å². The van der Waals surface area contributed by atoms with Gasteiger partial charge in [-0.05, 0) is 24.3 Å². The second-order valence-corrected chi connectivity index (χ2v) is 4.83. The fourth-order valence-electron chi connectivity index (χ4n) is 1.79. The van der Waals surface area contributed by atoms with E-state index < -0.39 is 12.3 Å². The van der Waals surface area contributed by atoms with E-state index in [2.05, 4.69) is 10.6 Å². The molecule has 2 atom stereocenters. The van der Waals surface area contributed by atoms with Crippen molar-refractivity contribution in [1.82, 2.24) is 10.6 Å². The Morgan fingerprint density at radius 3 is 3.06 bits per heavy atom. The van der Waals surface area contributed by atoms with Crippen LogP contribution in [0.2, 0.25) is 0 Å². The van der Waals surface area contributed by atoms with Gasteiger partial charge in [0.15, 0.2) is 5.06 Å². The Balaban J connectivity index is 2.01. The number of hydrogen-bond donors (Lipinski definition) is 3. The lowest BCUT2D eigenvalue weighted by Gasteiger charge is -2.26. The van der Waals surface area contributed by atoms with Crippen molar-refractivity contribution >= 4 is 23.2 Å². The van der Waals surface area contributed by atoms with Gasteiger partial charge in [0, 0.05) is 0 Å². The van der Waals surface area contributed by atoms with Gasteiger partial charge < -0.3 is 20.5 Å². The molecule has 6 nitrogen and oxygen atoms in total. The monoisotopic (exact) mass is 270 g/mol. The maximum Gasteiger partial charge on any atom is 0.256 e. The Kier molecular flexibility index (Phi) is 3.83. The predicted molar refractivity (Wildman–Crippen MR) is 65.5 cm³/mol. The fourth-order valence-corrected chi connectivity index (χ4v) is 2.50. The molecule has 0 aliphatic carbocycles. The highest BCUT2D eigenvalue weighted by Crippen LogP contribution is 2.25. The van der Waals surface area contributed by atoms with Crippen LogP contribution in [-0.2, 0) is 4.79 Å². The van der Waals surface area contributed by atoms with E-state index in [1.54, 1.807) is 11.4 Å². The van der Waals surface area contributed by atoms with Crippen LogP contribution in [0.15, 0.2) is 11.4 Å². The van der Waals surface area contributed by atoms with Gasteiger partial charge in [0.2, 0.25) is 5.91 Å². The smallest absolute Gasteiger partial charge is 0.256 e. The van der Waals surface area contributed by atoms with Crippen LogP contribution >= 0.6 is 11.3 Å². The highest BCUT2D eigenvalue weighted by atomic mass is 32.1. The molecule has 3 N–H and O–H groups in total. The molecule has 1 aliphatic rings. The maximum absolute atomic E-state index is 12.0. The van der Waals surface area contributed by atoms with Gasteiger partial charge in [0.1, 0.15) is 12.3 Å². The van der Waals surface area contributed by atoms with Gasteiger partial charge in [-0.2, -0.15) is 0 Å². The van der Waals surface area contributed by atoms with Gasteiger partial charge >= 0.3 is 0 Å². The van der Waals surface area contributed by atoms with Crippen molar-refractivity contribution in [2.45, 2.75) is 25.1 Å². The third-order valence-corrected chi connectivity index (χ3v) is 3.59. The minimum atomic E-state index is -0.818. The molecule has 1 aromatic heterocycles. The van der Waals surface area contributed by atoms with Crippen LogP contribution in [-0.4, -0.2) is 36.3 Å². The van der Waals surface area contributed by atoms with E-state index in [1.165, 1.54) is 18.4 Å². The Morgan fingerprint density at radius 1 is 1.61 bits per heavy atom. The van der Waals surface area contributed by atoms with Crippen LogP contribution in [0.5, 0.6) is 5.06 Å². The number of carbonyl (C=O) groups excluding carboxylic acids is 2. The van der Waals surface area contributed by atoms with E-state index in [0.717, 1.165) is 0 Å². The maximum atomic E-state index is 12.0. The van der Waals surface area contributed by atoms with Crippen LogP contribution < -0.4 is 15.4 Å². The second-order valence-electron chi connectivity index (χ2n) is 3.95. The Labute approximate surface area is 108 Å². The van der Waals surface area contributed by atoms with Gasteiger partial charge in [0.05, 0.1) is 12.7 Å². The first-order valence-corrected chi connectivity index (χ1v) is 6.40. The number of aliphatic hydroxyl groups excluding tert-OH is 1. The average molecular weight is 270 g/mol. The van der Waals surface area contributed by atoms with Crippen molar-refractivity contribution in [3.63, 3.8) is 0 Å². The number of carbonyl (C=O) groups is 2. The minimum Gasteiger partial charge on any atom is -0.487 e. The molecule has 0 aromatic carbocycles. The standard InChI is InChI=1S/C11H14N2O4S/c1-17-11-6(4-5-18-11)9(15)12-7-2-3-8(14)13-10(7)16/h4-5,7-8,14H,2-3H2,1H3,(H,12,15)(H,13,16). The molecular formula is C11H14N2O4S. The van der Waals surface area contributed by atoms with Gasteiger partial charge in [0.25, 0.3) is 5.91 Å². The number of ether oxygens (including phenoxy) is 1. The third-order valence-electron chi connectivity index (χ3n) is 2.72. The number of nitrogens with one attached hydrogen (secondary N) is 2. The summed E-state index contributed by atoms with van der Waals surface area (Å²) in [6.45, 7) is 0. The molecule has 0 spiro atoms. The summed E-state index contributed by atoms with van der Waals surface area (Å²) in [4.78, 5) is 23.5. The molecule has 18 heavy (non-hydrogen) atoms. The number of amides is 2. The first-order valence-electron chi connectivity index (χ1n) is 5.52. The number of aliphatic hydroxyl groups is 1. The molecule has 0 saturated carbocycles. The van der Waals surface area contributed by atoms with Crippen LogP contribution in [0.25, 0.3) is 0 Å². The number of thiophene rings is 1. The SMILES string of the molecule is COc1sccc1C(=O)NC1CCC(O)NC1=O. The van der Waals surface area contributed by atoms with E-state index >= 15 is 0 Å². The highest BCUT2D eigenvalue weighted by Gasteiger charge is 2.29. The van der Waals surface area contributed by atoms with Crippen molar-refractivity contribution < 1.29 is 19.4 Å². The fraction of sp³-hybridized carbons (Fsp3) is 0.455. The zero-order valence-electron chi connectivity index (χ0n) is 9.80. The van der Waals surface area contributed by atoms with Crippen LogP contribution in [0, 0.1) is 0 Å². The lowest BCUT2D eigenvalue weighted by atomic mass is 10.1. The summed E-state index contributed by atoms with van der Waals surface area (Å²) >= 11 is 1.32. The normalized spacial score (nSPS) is 23.3. The molecule has 0 radical (unpaired) electrons. The molecule has 0 bridgehead atoms. The van der Waals surface area contributed by atoms with Crippen LogP contribution in [0.4, 0.5) is 0 Å². The molecule has 2 unspecified atom stereocenters. The number of piperidine rings is 1. The quantitative estimate of drug-likeness (QED) is 0.726. The van der Waals surface area contributed by atoms with Gasteiger partial charge in [-0.25, -0.2) is 0 Å². The predicted octanol–water partition coefficient (Wildman–Crippen LogP) is 0.0835. The molecule has 1 fully saturated rings. The zero-order chi connectivity index (χ0) is 13.1. The lowest BCUT2D eigenvalue weighted by molar-refractivity contribution is -0.128. The highest BCUT2D eigenvalue weighted by molar-refractivity contribution is 7.12. The summed E-state index contributed by atoms with van der Waals surface area (Å²) in [5.74, 6) is -0.707. The van der Waals surface area contributed by atoms with E-state index in [-0.39, 0.29) is 11.8 Å². The largest absolute Gasteiger partial charge is 0.487 e. The molecule has 7 heteroatoms. The topological polar surface area (TPSA) is 87.7 Å². The minimum absolute atomic E-state index is 0.343. The molecular weight excluding hydrogens is 256 g/mol. The first-order chi connectivity index (χ1) is 8.61. The summed E-state index contributed by atoms with van der Waals surface area (Å²) in [5.41, 5.74) is 0.418. The first kappa shape index (κ1) is 12.8. The van der Waals surface area contributed by atoms with Crippen molar-refractivity contribution in [2.24, 2.45) is 0 Å². The second kappa shape index (κ2) is 5.36. The molecule has 1 aliphatic heterocycles. The third kappa shape index (κ3) is 2.62. The summed E-state index contributed by atoms with van der Waals surface area (Å²) < 4.78 is 5.06. The van der Waals surface area contributed by atoms with Crippen molar-refractivity contribution in [1.29, 1.82) is 0 Å². The van der Waals surface area contributed by atoms with E-state index in [1.807, 2.05) is 0 Å². The Hall–Kier alpha value is -1.60. The number of rotatable bonds is 3. The zero-order valence-corrected chi connectivity index (χ0v) is 10.6. The molecule has 1 aromatic rings. The molecule has 2 heterocycles. The summed E-state index contributed by atoms with van der Waals surface area (Å²) in [6, 6.07) is 1.04. The van der Waals surface area contributed by atoms with Gasteiger partial charge in [-0.15, -0.1) is 11.3 Å². The molecule has 2 rings (SSSR count). The summed E-state index contributed by atoms with van der Waals surface area (Å²) in [6.07, 6.45) is 0.0316. The summed E-state index contributed by atoms with van der Waals surface area (Å²) in [5, 5.41) is 16.5. The Bertz CT molecular complexity index is 460. The van der Waals surface area contributed by atoms with Crippen LogP contribution in [0.3, 0.4) is 0 Å². The van der Waals surface area contributed by atoms with E-state index in [0.29, 0.717) is 23.5 Å². The molecule has 2 amide bonds. The number of hydrogen-bond acceptors (Lipinski definition) is 5. The van der Waals surface area contributed by atoms with Gasteiger partial charge in [-0.3, -0.25) is 9.59 Å². The van der Waals surface area contributed by atoms with Gasteiger partial charge in [-0.1, -0.05) is 0 Å². The van der Waals surface area contributed by atoms with E-state index in [9.17, 15) is 14.7 Å². The van der Waals surface area contributed by atoms with Crippen molar-refractivity contribution in [3.8, 4) is 5.06 Å². The van der Waals surface area contributed by atoms with Crippen molar-refractivity contribution in [2.75, 3.05) is 7.11 Å². The average Bonchev–Trinajstić information content (AvgIpc) is 2.81. The molecule has 1 saturated heterocycles. The lowest BCUT2D eigenvalue weighted by Crippen LogP contribution is -2.53. The Morgan fingerprint density at radius 2 is 2.39 bits per heavy atom. The van der Waals surface area contributed by atoms with Crippen molar-refractivity contribution in [3.05, 3.63) is 17.0 Å². The molecule has 98 valence electrons. The summed E-state index contributed by atoms with van der Waals surface area (Å²) in [7, 11) is 1.49. The number of methoxy groups -OCH3 is 1. The van der Waals surface area contributed by atoms with E-state index in [4.69, 9.17) is 4.74 Å².